The molecule has 9 nitrogen and oxygen atoms in total. The van der Waals surface area contributed by atoms with Gasteiger partial charge in [0.2, 0.25) is 5.91 Å². The van der Waals surface area contributed by atoms with E-state index in [0.29, 0.717) is 17.1 Å². The molecule has 6 rings (SSSR count). The van der Waals surface area contributed by atoms with Crippen molar-refractivity contribution in [2.45, 2.75) is 29.8 Å². The number of ether oxygens (including phenoxy) is 3. The van der Waals surface area contributed by atoms with Crippen LogP contribution in [-0.4, -0.2) is 66.6 Å². The number of carbonyl (C=O) groups is 3. The molecule has 0 saturated carbocycles. The number of carbonyl (C=O) groups excluding carboxylic acids is 2. The number of hydrogen-bond acceptors (Lipinski definition) is 7. The molecular formula is C36H34N2O7S. The van der Waals surface area contributed by atoms with Gasteiger partial charge in [0.1, 0.15) is 35.6 Å². The van der Waals surface area contributed by atoms with Crippen LogP contribution in [-0.2, 0) is 20.7 Å². The molecule has 0 radical (unpaired) electrons. The van der Waals surface area contributed by atoms with Crippen LogP contribution in [0.5, 0.6) is 11.5 Å². The van der Waals surface area contributed by atoms with Crippen molar-refractivity contribution in [1.29, 1.82) is 0 Å². The predicted molar refractivity (Wildman–Crippen MR) is 175 cm³/mol. The normalized spacial score (nSPS) is 17.5. The van der Waals surface area contributed by atoms with Crippen LogP contribution in [0.15, 0.2) is 97.1 Å². The quantitative estimate of drug-likeness (QED) is 0.221. The second-order valence-electron chi connectivity index (χ2n) is 11.1. The van der Waals surface area contributed by atoms with Gasteiger partial charge in [0.15, 0.2) is 0 Å². The van der Waals surface area contributed by atoms with E-state index < -0.39 is 35.4 Å². The summed E-state index contributed by atoms with van der Waals surface area (Å²) in [6.07, 6.45) is -0.613. The molecule has 0 aromatic heterocycles. The molecule has 2 N–H and O–H groups in total. The van der Waals surface area contributed by atoms with E-state index in [-0.39, 0.29) is 24.7 Å². The minimum absolute atomic E-state index is 0.0785. The summed E-state index contributed by atoms with van der Waals surface area (Å²) >= 11 is 1.33. The molecule has 1 fully saturated rings. The lowest BCUT2D eigenvalue weighted by Crippen LogP contribution is -2.53. The number of hydrogen-bond donors (Lipinski definition) is 2. The highest BCUT2D eigenvalue weighted by Crippen LogP contribution is 2.46. The molecule has 4 aromatic carbocycles. The van der Waals surface area contributed by atoms with E-state index in [1.165, 1.54) is 30.9 Å². The van der Waals surface area contributed by atoms with Gasteiger partial charge in [-0.2, -0.15) is 0 Å². The van der Waals surface area contributed by atoms with E-state index in [4.69, 9.17) is 14.2 Å². The third kappa shape index (κ3) is 6.12. The van der Waals surface area contributed by atoms with Crippen LogP contribution in [0.3, 0.4) is 0 Å². The Morgan fingerprint density at radius 2 is 1.52 bits per heavy atom. The summed E-state index contributed by atoms with van der Waals surface area (Å²) in [6.45, 7) is 0.0785. The summed E-state index contributed by atoms with van der Waals surface area (Å²) < 4.78 is 16.7. The number of aliphatic carboxylic acids is 1. The van der Waals surface area contributed by atoms with Crippen LogP contribution in [0.2, 0.25) is 0 Å². The van der Waals surface area contributed by atoms with Crippen LogP contribution < -0.4 is 14.8 Å². The highest BCUT2D eigenvalue weighted by molar-refractivity contribution is 7.99. The van der Waals surface area contributed by atoms with Gasteiger partial charge >= 0.3 is 12.1 Å². The fraction of sp³-hybridized carbons (Fsp3) is 0.250. The van der Waals surface area contributed by atoms with Crippen molar-refractivity contribution >= 4 is 29.7 Å². The zero-order chi connectivity index (χ0) is 32.2. The third-order valence-corrected chi connectivity index (χ3v) is 9.77. The first-order valence-corrected chi connectivity index (χ1v) is 16.0. The van der Waals surface area contributed by atoms with Crippen molar-refractivity contribution in [2.24, 2.45) is 0 Å². The second-order valence-corrected chi connectivity index (χ2v) is 12.2. The lowest BCUT2D eigenvalue weighted by Gasteiger charge is -2.32. The molecular weight excluding hydrogens is 604 g/mol. The minimum atomic E-state index is -1.13. The molecule has 2 aliphatic rings. The predicted octanol–water partition coefficient (Wildman–Crippen LogP) is 5.88. The summed E-state index contributed by atoms with van der Waals surface area (Å²) in [5.74, 6) is -0.614. The number of alkyl carbamates (subject to hydrolysis) is 1. The average molecular weight is 639 g/mol. The van der Waals surface area contributed by atoms with Gasteiger partial charge in [0.25, 0.3) is 0 Å². The molecule has 4 aromatic rings. The zero-order valence-electron chi connectivity index (χ0n) is 25.4. The molecule has 1 heterocycles. The van der Waals surface area contributed by atoms with Crippen molar-refractivity contribution in [1.82, 2.24) is 10.2 Å². The third-order valence-electron chi connectivity index (χ3n) is 8.46. The smallest absolute Gasteiger partial charge is 0.407 e. The van der Waals surface area contributed by atoms with Crippen molar-refractivity contribution in [3.05, 3.63) is 119 Å². The van der Waals surface area contributed by atoms with E-state index in [9.17, 15) is 19.5 Å². The van der Waals surface area contributed by atoms with Gasteiger partial charge in [-0.05, 0) is 39.9 Å². The summed E-state index contributed by atoms with van der Waals surface area (Å²) in [4.78, 5) is 41.6. The molecule has 236 valence electrons. The van der Waals surface area contributed by atoms with Gasteiger partial charge in [-0.1, -0.05) is 78.9 Å². The molecule has 1 saturated heterocycles. The zero-order valence-corrected chi connectivity index (χ0v) is 26.2. The number of amides is 2. The van der Waals surface area contributed by atoms with Crippen LogP contribution >= 0.6 is 11.8 Å². The summed E-state index contributed by atoms with van der Waals surface area (Å²) in [5.41, 5.74) is 5.79. The minimum Gasteiger partial charge on any atom is -0.497 e. The number of methoxy groups -OCH3 is 2. The summed E-state index contributed by atoms with van der Waals surface area (Å²) in [7, 11) is 3.05. The van der Waals surface area contributed by atoms with E-state index in [0.717, 1.165) is 27.8 Å². The van der Waals surface area contributed by atoms with Crippen molar-refractivity contribution in [3.63, 3.8) is 0 Å². The van der Waals surface area contributed by atoms with Crippen LogP contribution in [0.1, 0.15) is 33.5 Å². The Bertz CT molecular complexity index is 1700. The molecule has 0 bridgehead atoms. The van der Waals surface area contributed by atoms with Gasteiger partial charge in [-0.15, -0.1) is 11.8 Å². The number of nitrogens with zero attached hydrogens (tertiary/aromatic N) is 1. The average Bonchev–Trinajstić information content (AvgIpc) is 3.67. The lowest BCUT2D eigenvalue weighted by atomic mass is 9.98. The molecule has 46 heavy (non-hydrogen) atoms. The Kier molecular flexibility index (Phi) is 9.16. The van der Waals surface area contributed by atoms with Gasteiger partial charge in [-0.25, -0.2) is 9.59 Å². The van der Waals surface area contributed by atoms with E-state index in [1.54, 1.807) is 18.2 Å². The van der Waals surface area contributed by atoms with Crippen molar-refractivity contribution in [2.75, 3.05) is 26.6 Å². The van der Waals surface area contributed by atoms with Crippen molar-refractivity contribution < 1.29 is 33.7 Å². The van der Waals surface area contributed by atoms with Gasteiger partial charge < -0.3 is 29.5 Å². The molecule has 2 amide bonds. The lowest BCUT2D eigenvalue weighted by molar-refractivity contribution is -0.150. The van der Waals surface area contributed by atoms with Crippen molar-refractivity contribution in [3.8, 4) is 22.6 Å². The monoisotopic (exact) mass is 638 g/mol. The second kappa shape index (κ2) is 13.6. The first-order chi connectivity index (χ1) is 22.4. The Hall–Kier alpha value is -4.96. The van der Waals surface area contributed by atoms with Crippen LogP contribution in [0.25, 0.3) is 11.1 Å². The Morgan fingerprint density at radius 3 is 2.15 bits per heavy atom. The highest BCUT2D eigenvalue weighted by atomic mass is 32.2. The van der Waals surface area contributed by atoms with Gasteiger partial charge in [0.05, 0.1) is 14.2 Å². The maximum atomic E-state index is 14.4. The Balaban J connectivity index is 1.26. The molecule has 10 heteroatoms. The molecule has 1 unspecified atom stereocenters. The van der Waals surface area contributed by atoms with E-state index in [2.05, 4.69) is 17.4 Å². The maximum Gasteiger partial charge on any atom is 0.407 e. The number of benzene rings is 4. The largest absolute Gasteiger partial charge is 0.497 e. The highest BCUT2D eigenvalue weighted by Gasteiger charge is 2.46. The van der Waals surface area contributed by atoms with Crippen LogP contribution in [0, 0.1) is 0 Å². The Morgan fingerprint density at radius 1 is 0.870 bits per heavy atom. The maximum absolute atomic E-state index is 14.4. The number of thioether (sulfide) groups is 1. The van der Waals surface area contributed by atoms with Gasteiger partial charge in [0, 0.05) is 29.7 Å². The Labute approximate surface area is 271 Å². The molecule has 3 atom stereocenters. The van der Waals surface area contributed by atoms with Crippen LogP contribution in [0.4, 0.5) is 4.79 Å². The molecule has 1 aliphatic carbocycles. The number of rotatable bonds is 10. The summed E-state index contributed by atoms with van der Waals surface area (Å²) in [5, 5.41) is 12.3. The SMILES string of the molecule is COc1ccc(C2SC[C@@H](C(=O)O)N2C(=O)[C@H](Cc2ccccc2)NC(=O)OCC2c3ccccc3-c3ccccc32)c(OC)c1. The molecule has 1 aliphatic heterocycles. The van der Waals surface area contributed by atoms with E-state index in [1.807, 2.05) is 66.7 Å². The first kappa shape index (κ1) is 31.0. The standard InChI is InChI=1S/C36H34N2O7S/c1-43-23-16-17-28(32(19-23)44-2)34-38(31(21-46-34)35(40)41)33(39)30(18-22-10-4-3-5-11-22)37-36(42)45-20-29-26-14-8-6-12-24(26)25-13-7-9-15-27(25)29/h3-17,19,29-31,34H,18,20-21H2,1-2H3,(H,37,42)(H,40,41)/t30-,31-,34?/m0/s1. The number of nitrogens with one attached hydrogen (secondary N) is 1. The number of carboxylic acids is 1. The van der Waals surface area contributed by atoms with Gasteiger partial charge in [-0.3, -0.25) is 4.79 Å². The first-order valence-electron chi connectivity index (χ1n) is 14.9. The number of fused-ring (bicyclic) bond motifs is 3. The topological polar surface area (TPSA) is 114 Å². The summed E-state index contributed by atoms with van der Waals surface area (Å²) in [6, 6.07) is 28.4. The molecule has 0 spiro atoms. The number of carboxylic acid groups (broad SMARTS) is 1. The van der Waals surface area contributed by atoms with E-state index >= 15 is 0 Å². The fourth-order valence-corrected chi connectivity index (χ4v) is 7.69. The fourth-order valence-electron chi connectivity index (χ4n) is 6.24.